The molecule has 0 aliphatic carbocycles. The van der Waals surface area contributed by atoms with E-state index in [0.717, 1.165) is 5.69 Å². The molecule has 4 nitrogen and oxygen atoms in total. The van der Waals surface area contributed by atoms with Crippen molar-refractivity contribution in [2.45, 2.75) is 25.4 Å². The minimum atomic E-state index is -0.605. The molecule has 1 amide bonds. The molecule has 2 rings (SSSR count). The van der Waals surface area contributed by atoms with Crippen LogP contribution in [0.3, 0.4) is 0 Å². The van der Waals surface area contributed by atoms with Crippen molar-refractivity contribution in [2.75, 3.05) is 6.54 Å². The minimum absolute atomic E-state index is 0.137. The summed E-state index contributed by atoms with van der Waals surface area (Å²) in [7, 11) is 1.87. The first kappa shape index (κ1) is 16.2. The van der Waals surface area contributed by atoms with Gasteiger partial charge in [0, 0.05) is 31.9 Å². The van der Waals surface area contributed by atoms with Gasteiger partial charge in [0.15, 0.2) is 0 Å². The van der Waals surface area contributed by atoms with E-state index in [1.807, 2.05) is 29.9 Å². The minimum Gasteiger partial charge on any atom is -0.387 e. The molecule has 118 valence electrons. The van der Waals surface area contributed by atoms with Gasteiger partial charge in [0.05, 0.1) is 6.10 Å². The largest absolute Gasteiger partial charge is 0.387 e. The number of nitrogens with zero attached hydrogens (tertiary/aromatic N) is 1. The van der Waals surface area contributed by atoms with Gasteiger partial charge >= 0.3 is 0 Å². The van der Waals surface area contributed by atoms with E-state index in [1.54, 1.807) is 18.2 Å². The third-order valence-electron chi connectivity index (χ3n) is 3.64. The fraction of sp³-hybridized carbons (Fsp3) is 0.353. The summed E-state index contributed by atoms with van der Waals surface area (Å²) in [6.07, 6.45) is 2.32. The zero-order chi connectivity index (χ0) is 15.9. The lowest BCUT2D eigenvalue weighted by Gasteiger charge is -2.12. The van der Waals surface area contributed by atoms with Crippen LogP contribution < -0.4 is 5.32 Å². The van der Waals surface area contributed by atoms with Gasteiger partial charge in [-0.25, -0.2) is 4.39 Å². The van der Waals surface area contributed by atoms with Crippen molar-refractivity contribution in [3.63, 3.8) is 0 Å². The van der Waals surface area contributed by atoms with E-state index >= 15 is 0 Å². The number of halogens is 1. The van der Waals surface area contributed by atoms with Crippen LogP contribution in [-0.2, 0) is 18.3 Å². The van der Waals surface area contributed by atoms with Crippen LogP contribution in [0.15, 0.2) is 42.6 Å². The lowest BCUT2D eigenvalue weighted by Crippen LogP contribution is -2.26. The highest BCUT2D eigenvalue weighted by Crippen LogP contribution is 2.15. The first-order valence-corrected chi connectivity index (χ1v) is 7.37. The van der Waals surface area contributed by atoms with E-state index in [-0.39, 0.29) is 18.1 Å². The van der Waals surface area contributed by atoms with Gasteiger partial charge in [-0.15, -0.1) is 0 Å². The molecule has 1 aromatic heterocycles. The topological polar surface area (TPSA) is 54.3 Å². The van der Waals surface area contributed by atoms with Crippen LogP contribution in [0.25, 0.3) is 0 Å². The number of aromatic nitrogens is 1. The number of rotatable bonds is 7. The van der Waals surface area contributed by atoms with Crippen LogP contribution in [0.2, 0.25) is 0 Å². The maximum absolute atomic E-state index is 13.4. The van der Waals surface area contributed by atoms with E-state index in [9.17, 15) is 14.3 Å². The zero-order valence-corrected chi connectivity index (χ0v) is 12.6. The van der Waals surface area contributed by atoms with Crippen LogP contribution in [0.4, 0.5) is 4.39 Å². The Morgan fingerprint density at radius 3 is 2.77 bits per heavy atom. The highest BCUT2D eigenvalue weighted by atomic mass is 19.1. The Bertz CT molecular complexity index is 625. The molecule has 0 radical (unpaired) electrons. The van der Waals surface area contributed by atoms with Crippen molar-refractivity contribution in [2.24, 2.45) is 7.05 Å². The Balaban J connectivity index is 1.70. The molecule has 0 aliphatic heterocycles. The van der Waals surface area contributed by atoms with Gasteiger partial charge in [0.1, 0.15) is 5.82 Å². The Morgan fingerprint density at radius 2 is 2.09 bits per heavy atom. The summed E-state index contributed by atoms with van der Waals surface area (Å²) in [5, 5.41) is 12.8. The molecular weight excluding hydrogens is 283 g/mol. The number of carbonyl (C=O) groups excluding carboxylic acids is 1. The molecule has 2 aromatic rings. The lowest BCUT2D eigenvalue weighted by molar-refractivity contribution is -0.121. The van der Waals surface area contributed by atoms with Crippen molar-refractivity contribution in [3.8, 4) is 0 Å². The monoisotopic (exact) mass is 304 g/mol. The first-order chi connectivity index (χ1) is 10.6. The van der Waals surface area contributed by atoms with E-state index in [1.165, 1.54) is 6.07 Å². The number of amides is 1. The van der Waals surface area contributed by atoms with Crippen LogP contribution in [0.5, 0.6) is 0 Å². The van der Waals surface area contributed by atoms with Crippen LogP contribution in [-0.4, -0.2) is 22.1 Å². The summed E-state index contributed by atoms with van der Waals surface area (Å²) >= 11 is 0. The second kappa shape index (κ2) is 7.75. The van der Waals surface area contributed by atoms with Gasteiger partial charge in [-0.05, 0) is 36.6 Å². The first-order valence-electron chi connectivity index (χ1n) is 7.37. The van der Waals surface area contributed by atoms with Crippen LogP contribution in [0.1, 0.15) is 30.2 Å². The molecule has 0 fully saturated rings. The Labute approximate surface area is 129 Å². The number of hydrogen-bond donors (Lipinski definition) is 2. The molecule has 0 bridgehead atoms. The second-order valence-corrected chi connectivity index (χ2v) is 5.29. The van der Waals surface area contributed by atoms with E-state index in [0.29, 0.717) is 24.9 Å². The molecule has 0 aliphatic rings. The Hall–Kier alpha value is -2.14. The number of aryl methyl sites for hydroxylation is 2. The van der Waals surface area contributed by atoms with Crippen LogP contribution in [0, 0.1) is 5.82 Å². The third-order valence-corrected chi connectivity index (χ3v) is 3.64. The van der Waals surface area contributed by atoms with E-state index in [2.05, 4.69) is 5.32 Å². The number of nitrogens with one attached hydrogen (secondary N) is 1. The maximum atomic E-state index is 13.4. The average molecular weight is 304 g/mol. The molecule has 0 saturated heterocycles. The molecule has 1 aromatic carbocycles. The molecule has 0 saturated carbocycles. The predicted octanol–water partition coefficient (Wildman–Crippen LogP) is 2.34. The van der Waals surface area contributed by atoms with E-state index in [4.69, 9.17) is 0 Å². The molecule has 1 heterocycles. The summed E-state index contributed by atoms with van der Waals surface area (Å²) in [6.45, 7) is 0.391. The van der Waals surface area contributed by atoms with Gasteiger partial charge in [-0.1, -0.05) is 18.2 Å². The van der Waals surface area contributed by atoms with Gasteiger partial charge in [-0.2, -0.15) is 0 Å². The summed E-state index contributed by atoms with van der Waals surface area (Å²) < 4.78 is 15.3. The number of hydrogen-bond acceptors (Lipinski definition) is 2. The molecule has 0 spiro atoms. The average Bonchev–Trinajstić information content (AvgIpc) is 2.92. The maximum Gasteiger partial charge on any atom is 0.220 e. The molecule has 2 N–H and O–H groups in total. The smallest absolute Gasteiger partial charge is 0.220 e. The number of benzene rings is 1. The molecule has 22 heavy (non-hydrogen) atoms. The zero-order valence-electron chi connectivity index (χ0n) is 12.6. The molecule has 5 heteroatoms. The number of aliphatic hydroxyl groups excluding tert-OH is 1. The summed E-state index contributed by atoms with van der Waals surface area (Å²) in [4.78, 5) is 11.7. The molecule has 0 unspecified atom stereocenters. The summed E-state index contributed by atoms with van der Waals surface area (Å²) in [5.74, 6) is -0.420. The standard InChI is InChI=1S/C17H21FN2O2/c1-20-12-4-7-15(20)16(21)10-11-19-17(22)9-8-13-5-2-3-6-14(13)18/h2-7,12,16,21H,8-11H2,1H3,(H,19,22)/t16-/m0/s1. The van der Waals surface area contributed by atoms with Crippen LogP contribution >= 0.6 is 0 Å². The molecular formula is C17H21FN2O2. The van der Waals surface area contributed by atoms with Crippen molar-refractivity contribution in [1.82, 2.24) is 9.88 Å². The SMILES string of the molecule is Cn1cccc1[C@@H](O)CCNC(=O)CCc1ccccc1F. The van der Waals surface area contributed by atoms with E-state index < -0.39 is 6.10 Å². The molecule has 1 atom stereocenters. The van der Waals surface area contributed by atoms with Crippen molar-refractivity contribution in [3.05, 3.63) is 59.7 Å². The number of aliphatic hydroxyl groups is 1. The lowest BCUT2D eigenvalue weighted by atomic mass is 10.1. The Morgan fingerprint density at radius 1 is 1.32 bits per heavy atom. The van der Waals surface area contributed by atoms with Gasteiger partial charge in [0.25, 0.3) is 0 Å². The van der Waals surface area contributed by atoms with Crippen molar-refractivity contribution in [1.29, 1.82) is 0 Å². The quantitative estimate of drug-likeness (QED) is 0.825. The third kappa shape index (κ3) is 4.43. The summed E-state index contributed by atoms with van der Waals surface area (Å²) in [6, 6.07) is 10.2. The highest BCUT2D eigenvalue weighted by molar-refractivity contribution is 5.76. The van der Waals surface area contributed by atoms with Gasteiger partial charge in [0.2, 0.25) is 5.91 Å². The van der Waals surface area contributed by atoms with Crippen molar-refractivity contribution >= 4 is 5.91 Å². The Kier molecular flexibility index (Phi) is 5.72. The highest BCUT2D eigenvalue weighted by Gasteiger charge is 2.11. The van der Waals surface area contributed by atoms with Gasteiger partial charge < -0.3 is 15.0 Å². The predicted molar refractivity (Wildman–Crippen MR) is 82.7 cm³/mol. The van der Waals surface area contributed by atoms with Gasteiger partial charge in [-0.3, -0.25) is 4.79 Å². The van der Waals surface area contributed by atoms with Crippen molar-refractivity contribution < 1.29 is 14.3 Å². The fourth-order valence-electron chi connectivity index (χ4n) is 2.35. The normalized spacial score (nSPS) is 12.1. The second-order valence-electron chi connectivity index (χ2n) is 5.29. The number of carbonyl (C=O) groups is 1. The summed E-state index contributed by atoms with van der Waals surface area (Å²) in [5.41, 5.74) is 1.36. The fourth-order valence-corrected chi connectivity index (χ4v) is 2.35.